The van der Waals surface area contributed by atoms with Crippen LogP contribution in [-0.2, 0) is 13.5 Å². The summed E-state index contributed by atoms with van der Waals surface area (Å²) in [5.74, 6) is -0.154. The molecule has 1 amide bonds. The van der Waals surface area contributed by atoms with Gasteiger partial charge in [-0.1, -0.05) is 18.2 Å². The van der Waals surface area contributed by atoms with E-state index in [1.807, 2.05) is 54.2 Å². The average molecular weight is 401 g/mol. The number of aryl methyl sites for hydroxylation is 1. The van der Waals surface area contributed by atoms with Crippen molar-refractivity contribution in [3.63, 3.8) is 0 Å². The van der Waals surface area contributed by atoms with E-state index < -0.39 is 6.10 Å². The highest BCUT2D eigenvalue weighted by Gasteiger charge is 2.35. The number of benzene rings is 1. The van der Waals surface area contributed by atoms with Crippen LogP contribution >= 0.6 is 0 Å². The van der Waals surface area contributed by atoms with Crippen molar-refractivity contribution in [2.24, 2.45) is 13.0 Å². The van der Waals surface area contributed by atoms with Crippen molar-refractivity contribution in [1.82, 2.24) is 24.6 Å². The normalized spacial score (nSPS) is 18.9. The molecule has 1 fully saturated rings. The van der Waals surface area contributed by atoms with Gasteiger partial charge in [-0.25, -0.2) is 0 Å². The van der Waals surface area contributed by atoms with E-state index in [2.05, 4.69) is 21.2 Å². The summed E-state index contributed by atoms with van der Waals surface area (Å²) in [6.45, 7) is 0.834. The first-order valence-corrected chi connectivity index (χ1v) is 10.1. The molecule has 1 aliphatic rings. The number of aliphatic hydroxyl groups is 1. The fourth-order valence-electron chi connectivity index (χ4n) is 4.30. The molecule has 1 aliphatic heterocycles. The number of carbonyl (C=O) groups is 1. The first-order chi connectivity index (χ1) is 14.6. The molecule has 0 unspecified atom stereocenters. The number of rotatable bonds is 4. The Morgan fingerprint density at radius 3 is 2.90 bits per heavy atom. The highest BCUT2D eigenvalue weighted by Crippen LogP contribution is 2.27. The van der Waals surface area contributed by atoms with E-state index in [0.717, 1.165) is 27.9 Å². The van der Waals surface area contributed by atoms with Crippen LogP contribution in [0.2, 0.25) is 0 Å². The highest BCUT2D eigenvalue weighted by atomic mass is 16.3. The standard InChI is InChI=1S/C23H23N5O2/c1-27-10-4-7-21(27)19-12-20(26-25-19)23(30)28-13-16(22(29)14-28)11-15-8-9-24-18-6-3-2-5-17(15)18/h2-10,12,16,22,29H,11,13-14H2,1H3,(H,25,26)/t16-,22-/m1/s1. The van der Waals surface area contributed by atoms with Gasteiger partial charge in [0.25, 0.3) is 5.91 Å². The lowest BCUT2D eigenvalue weighted by atomic mass is 9.94. The third kappa shape index (κ3) is 3.27. The predicted molar refractivity (Wildman–Crippen MR) is 114 cm³/mol. The first kappa shape index (κ1) is 18.6. The molecule has 4 heterocycles. The van der Waals surface area contributed by atoms with E-state index in [4.69, 9.17) is 0 Å². The predicted octanol–water partition coefficient (Wildman–Crippen LogP) is 2.64. The van der Waals surface area contributed by atoms with Gasteiger partial charge < -0.3 is 14.6 Å². The molecule has 2 N–H and O–H groups in total. The fourth-order valence-corrected chi connectivity index (χ4v) is 4.30. The zero-order chi connectivity index (χ0) is 20.7. The molecule has 0 radical (unpaired) electrons. The Morgan fingerprint density at radius 2 is 2.07 bits per heavy atom. The van der Waals surface area contributed by atoms with Crippen molar-refractivity contribution in [3.05, 3.63) is 72.2 Å². The minimum atomic E-state index is -0.559. The van der Waals surface area contributed by atoms with Crippen molar-refractivity contribution in [2.45, 2.75) is 12.5 Å². The van der Waals surface area contributed by atoms with Crippen LogP contribution in [0.5, 0.6) is 0 Å². The Bertz CT molecular complexity index is 1210. The number of aliphatic hydroxyl groups excluding tert-OH is 1. The minimum absolute atomic E-state index is 0.0185. The number of hydrogen-bond donors (Lipinski definition) is 2. The molecule has 1 aromatic carbocycles. The molecule has 7 nitrogen and oxygen atoms in total. The Balaban J connectivity index is 1.32. The number of pyridine rings is 1. The number of likely N-dealkylation sites (tertiary alicyclic amines) is 1. The van der Waals surface area contributed by atoms with Crippen molar-refractivity contribution in [3.8, 4) is 11.4 Å². The van der Waals surface area contributed by atoms with Crippen LogP contribution in [0.1, 0.15) is 16.1 Å². The first-order valence-electron chi connectivity index (χ1n) is 10.1. The molecule has 2 atom stereocenters. The van der Waals surface area contributed by atoms with Crippen LogP contribution in [0.3, 0.4) is 0 Å². The Labute approximate surface area is 174 Å². The molecule has 4 aromatic rings. The summed E-state index contributed by atoms with van der Waals surface area (Å²) in [4.78, 5) is 19.1. The second kappa shape index (κ2) is 7.42. The molecule has 3 aromatic heterocycles. The number of hydrogen-bond acceptors (Lipinski definition) is 4. The molecule has 0 bridgehead atoms. The van der Waals surface area contributed by atoms with E-state index in [1.165, 1.54) is 0 Å². The zero-order valence-corrected chi connectivity index (χ0v) is 16.7. The van der Waals surface area contributed by atoms with E-state index in [1.54, 1.807) is 17.2 Å². The molecule has 1 saturated heterocycles. The van der Waals surface area contributed by atoms with Gasteiger partial charge in [-0.2, -0.15) is 5.10 Å². The van der Waals surface area contributed by atoms with Crippen LogP contribution in [0.25, 0.3) is 22.3 Å². The van der Waals surface area contributed by atoms with E-state index in [-0.39, 0.29) is 11.8 Å². The number of amides is 1. The van der Waals surface area contributed by atoms with Crippen LogP contribution in [0.4, 0.5) is 0 Å². The van der Waals surface area contributed by atoms with Crippen LogP contribution in [-0.4, -0.2) is 54.9 Å². The van der Waals surface area contributed by atoms with Crippen LogP contribution < -0.4 is 0 Å². The summed E-state index contributed by atoms with van der Waals surface area (Å²) in [5.41, 5.74) is 4.19. The molecule has 0 aliphatic carbocycles. The van der Waals surface area contributed by atoms with Crippen LogP contribution in [0.15, 0.2) is 60.9 Å². The maximum Gasteiger partial charge on any atom is 0.271 e. The summed E-state index contributed by atoms with van der Waals surface area (Å²) in [6, 6.07) is 15.7. The maximum absolute atomic E-state index is 13.0. The van der Waals surface area contributed by atoms with Gasteiger partial charge in [0.2, 0.25) is 0 Å². The highest BCUT2D eigenvalue weighted by molar-refractivity contribution is 5.93. The molecule has 30 heavy (non-hydrogen) atoms. The number of carbonyl (C=O) groups excluding carboxylic acids is 1. The zero-order valence-electron chi connectivity index (χ0n) is 16.7. The topological polar surface area (TPSA) is 87.0 Å². The number of aromatic nitrogens is 4. The summed E-state index contributed by atoms with van der Waals surface area (Å²) < 4.78 is 1.96. The SMILES string of the molecule is Cn1cccc1-c1cc(C(=O)N2C[C@@H](Cc3ccnc4ccccc34)[C@H](O)C2)[nH]n1. The number of para-hydroxylation sites is 1. The lowest BCUT2D eigenvalue weighted by molar-refractivity contribution is 0.0759. The van der Waals surface area contributed by atoms with Crippen molar-refractivity contribution in [2.75, 3.05) is 13.1 Å². The number of nitrogens with zero attached hydrogens (tertiary/aromatic N) is 4. The summed E-state index contributed by atoms with van der Waals surface area (Å²) >= 11 is 0. The van der Waals surface area contributed by atoms with Gasteiger partial charge in [0, 0.05) is 43.8 Å². The molecule has 0 saturated carbocycles. The largest absolute Gasteiger partial charge is 0.391 e. The van der Waals surface area contributed by atoms with Crippen LogP contribution in [0, 0.1) is 5.92 Å². The number of β-amino-alcohol motifs (C(OH)–C–C–N with tert-alkyl or cyclic N) is 1. The molecular formula is C23H23N5O2. The van der Waals surface area contributed by atoms with Crippen molar-refractivity contribution >= 4 is 16.8 Å². The lowest BCUT2D eigenvalue weighted by Gasteiger charge is -2.16. The van der Waals surface area contributed by atoms with Gasteiger partial charge in [-0.05, 0) is 42.3 Å². The lowest BCUT2D eigenvalue weighted by Crippen LogP contribution is -2.29. The summed E-state index contributed by atoms with van der Waals surface area (Å²) in [7, 11) is 1.94. The fraction of sp³-hybridized carbons (Fsp3) is 0.261. The van der Waals surface area contributed by atoms with Gasteiger partial charge >= 0.3 is 0 Å². The monoisotopic (exact) mass is 401 g/mol. The number of fused-ring (bicyclic) bond motifs is 1. The average Bonchev–Trinajstić information content (AvgIpc) is 3.48. The van der Waals surface area contributed by atoms with Gasteiger partial charge in [0.05, 0.1) is 17.3 Å². The van der Waals surface area contributed by atoms with Gasteiger partial charge in [-0.15, -0.1) is 0 Å². The quantitative estimate of drug-likeness (QED) is 0.550. The third-order valence-electron chi connectivity index (χ3n) is 5.93. The summed E-state index contributed by atoms with van der Waals surface area (Å²) in [5, 5.41) is 18.9. The smallest absolute Gasteiger partial charge is 0.271 e. The minimum Gasteiger partial charge on any atom is -0.391 e. The molecular weight excluding hydrogens is 378 g/mol. The van der Waals surface area contributed by atoms with Crippen molar-refractivity contribution in [1.29, 1.82) is 0 Å². The second-order valence-electron chi connectivity index (χ2n) is 7.90. The second-order valence-corrected chi connectivity index (χ2v) is 7.90. The maximum atomic E-state index is 13.0. The summed E-state index contributed by atoms with van der Waals surface area (Å²) in [6.07, 6.45) is 3.88. The van der Waals surface area contributed by atoms with Crippen molar-refractivity contribution < 1.29 is 9.90 Å². The third-order valence-corrected chi connectivity index (χ3v) is 5.93. The number of nitrogens with one attached hydrogen (secondary N) is 1. The number of aromatic amines is 1. The molecule has 7 heteroatoms. The Morgan fingerprint density at radius 1 is 1.20 bits per heavy atom. The Kier molecular flexibility index (Phi) is 4.59. The van der Waals surface area contributed by atoms with Gasteiger partial charge in [0.15, 0.2) is 0 Å². The van der Waals surface area contributed by atoms with Gasteiger partial charge in [0.1, 0.15) is 11.4 Å². The number of H-pyrrole nitrogens is 1. The Hall–Kier alpha value is -3.45. The van der Waals surface area contributed by atoms with E-state index in [9.17, 15) is 9.90 Å². The molecule has 152 valence electrons. The van der Waals surface area contributed by atoms with Gasteiger partial charge in [-0.3, -0.25) is 14.9 Å². The van der Waals surface area contributed by atoms with E-state index >= 15 is 0 Å². The molecule has 0 spiro atoms. The molecule has 5 rings (SSSR count). The van der Waals surface area contributed by atoms with E-state index in [0.29, 0.717) is 25.2 Å².